The number of likely N-dealkylation sites (tertiary alicyclic amines) is 2. The average Bonchev–Trinajstić information content (AvgIpc) is 2.80. The minimum atomic E-state index is -1.69. The minimum Gasteiger partial charge on any atom is -0.468 e. The number of carbonyl (C=O) groups is 3. The van der Waals surface area contributed by atoms with Gasteiger partial charge in [0.2, 0.25) is 0 Å². The number of halogens is 2. The predicted octanol–water partition coefficient (Wildman–Crippen LogP) is 3.55. The fourth-order valence-electron chi connectivity index (χ4n) is 6.01. The number of hydrogen-bond donors (Lipinski definition) is 0. The van der Waals surface area contributed by atoms with Gasteiger partial charge in [0.05, 0.1) is 26.3 Å². The summed E-state index contributed by atoms with van der Waals surface area (Å²) in [5.74, 6) is -1.94. The second-order valence-corrected chi connectivity index (χ2v) is 9.88. The molecule has 2 aromatic rings. The summed E-state index contributed by atoms with van der Waals surface area (Å²) in [5.41, 5.74) is -2.06. The third kappa shape index (κ3) is 3.45. The summed E-state index contributed by atoms with van der Waals surface area (Å²) in [6.07, 6.45) is 0. The monoisotopic (exact) mass is 504 g/mol. The highest BCUT2D eigenvalue weighted by Gasteiger charge is 2.74. The first-order valence-electron chi connectivity index (χ1n) is 10.8. The van der Waals surface area contributed by atoms with Gasteiger partial charge in [0.15, 0.2) is 16.6 Å². The summed E-state index contributed by atoms with van der Waals surface area (Å²) in [6, 6.07) is 12.5. The molecule has 2 aliphatic rings. The fourth-order valence-corrected chi connectivity index (χ4v) is 6.41. The third-order valence-electron chi connectivity index (χ3n) is 7.03. The number of rotatable bonds is 4. The number of piperidine rings is 2. The molecule has 4 rings (SSSR count). The number of esters is 2. The number of fused-ring (bicyclic) bond motifs is 2. The molecule has 9 heteroatoms. The first-order chi connectivity index (χ1) is 16.1. The molecule has 0 amide bonds. The van der Waals surface area contributed by atoms with Crippen molar-refractivity contribution in [1.29, 1.82) is 0 Å². The van der Waals surface area contributed by atoms with Crippen LogP contribution in [0.2, 0.25) is 10.0 Å². The number of ketones is 1. The Bertz CT molecular complexity index is 1070. The highest BCUT2D eigenvalue weighted by atomic mass is 35.5. The van der Waals surface area contributed by atoms with Gasteiger partial charge in [0, 0.05) is 23.1 Å². The normalized spacial score (nSPS) is 29.5. The number of ether oxygens (including phenoxy) is 2. The maximum atomic E-state index is 14.6. The van der Waals surface area contributed by atoms with Crippen LogP contribution in [0.4, 0.5) is 0 Å². The summed E-state index contributed by atoms with van der Waals surface area (Å²) >= 11 is 12.6. The third-order valence-corrected chi connectivity index (χ3v) is 7.50. The number of Topliss-reactive ketones (excluding diaryl/α,β-unsaturated/α-hetero) is 1. The number of benzene rings is 2. The van der Waals surface area contributed by atoms with E-state index in [-0.39, 0.29) is 13.1 Å². The maximum Gasteiger partial charge on any atom is 0.322 e. The lowest BCUT2D eigenvalue weighted by molar-refractivity contribution is -0.202. The van der Waals surface area contributed by atoms with Crippen molar-refractivity contribution in [3.05, 3.63) is 69.7 Å². The summed E-state index contributed by atoms with van der Waals surface area (Å²) in [5, 5.41) is 0.929. The molecule has 7 nitrogen and oxygen atoms in total. The van der Waals surface area contributed by atoms with E-state index in [1.807, 2.05) is 21.9 Å². The van der Waals surface area contributed by atoms with Crippen LogP contribution in [0.3, 0.4) is 0 Å². The second kappa shape index (κ2) is 8.96. The Morgan fingerprint density at radius 2 is 1.26 bits per heavy atom. The van der Waals surface area contributed by atoms with Gasteiger partial charge in [-0.05, 0) is 49.5 Å². The molecule has 2 fully saturated rings. The molecule has 0 aromatic heterocycles. The van der Waals surface area contributed by atoms with Crippen LogP contribution in [0.25, 0.3) is 0 Å². The summed E-state index contributed by atoms with van der Waals surface area (Å²) in [6.45, 7) is 0.141. The van der Waals surface area contributed by atoms with Crippen LogP contribution in [0.5, 0.6) is 0 Å². The second-order valence-electron chi connectivity index (χ2n) is 9.01. The number of methoxy groups -OCH3 is 2. The van der Waals surface area contributed by atoms with Crippen molar-refractivity contribution in [2.45, 2.75) is 12.1 Å². The Kier molecular flexibility index (Phi) is 6.50. The molecule has 2 aromatic carbocycles. The highest BCUT2D eigenvalue weighted by molar-refractivity contribution is 6.31. The van der Waals surface area contributed by atoms with Crippen LogP contribution in [0.1, 0.15) is 23.2 Å². The van der Waals surface area contributed by atoms with E-state index in [1.165, 1.54) is 14.2 Å². The van der Waals surface area contributed by atoms with Gasteiger partial charge < -0.3 is 14.4 Å². The van der Waals surface area contributed by atoms with Crippen molar-refractivity contribution in [3.63, 3.8) is 0 Å². The van der Waals surface area contributed by atoms with Crippen molar-refractivity contribution in [1.82, 2.24) is 9.80 Å². The van der Waals surface area contributed by atoms with Crippen LogP contribution in [0, 0.1) is 10.8 Å². The highest BCUT2D eigenvalue weighted by Crippen LogP contribution is 2.60. The quantitative estimate of drug-likeness (QED) is 0.465. The molecule has 4 unspecified atom stereocenters. The van der Waals surface area contributed by atoms with Gasteiger partial charge in [-0.3, -0.25) is 19.3 Å². The molecule has 4 atom stereocenters. The zero-order valence-corrected chi connectivity index (χ0v) is 20.9. The Morgan fingerprint density at radius 1 is 0.853 bits per heavy atom. The van der Waals surface area contributed by atoms with Gasteiger partial charge >= 0.3 is 11.9 Å². The lowest BCUT2D eigenvalue weighted by atomic mass is 9.54. The number of nitrogens with zero attached hydrogens (tertiary/aromatic N) is 2. The molecule has 34 heavy (non-hydrogen) atoms. The molecule has 2 bridgehead atoms. The van der Waals surface area contributed by atoms with Crippen molar-refractivity contribution in [2.75, 3.05) is 41.4 Å². The average molecular weight is 505 g/mol. The molecule has 2 saturated heterocycles. The first-order valence-corrected chi connectivity index (χ1v) is 11.5. The van der Waals surface area contributed by atoms with Crippen molar-refractivity contribution in [3.8, 4) is 0 Å². The number of carbonyl (C=O) groups excluding carboxylic acids is 3. The van der Waals surface area contributed by atoms with Gasteiger partial charge in [-0.15, -0.1) is 0 Å². The van der Waals surface area contributed by atoms with E-state index < -0.39 is 40.6 Å². The SMILES string of the molecule is COC(=O)C12CN(C)CC(C(=O)OC)(C1=O)C(c1cccc(Cl)c1)N(C)C2c1cccc(Cl)c1. The lowest BCUT2D eigenvalue weighted by Gasteiger charge is -2.60. The maximum absolute atomic E-state index is 14.6. The molecular weight excluding hydrogens is 479 g/mol. The van der Waals surface area contributed by atoms with E-state index in [1.54, 1.807) is 50.5 Å². The zero-order chi connectivity index (χ0) is 24.8. The van der Waals surface area contributed by atoms with Crippen molar-refractivity contribution in [2.24, 2.45) is 10.8 Å². The molecule has 180 valence electrons. The smallest absolute Gasteiger partial charge is 0.322 e. The van der Waals surface area contributed by atoms with E-state index in [9.17, 15) is 14.4 Å². The lowest BCUT2D eigenvalue weighted by Crippen LogP contribution is -2.75. The molecule has 0 N–H and O–H groups in total. The first kappa shape index (κ1) is 24.7. The molecular formula is C25H26Cl2N2O5. The van der Waals surface area contributed by atoms with E-state index in [2.05, 4.69) is 0 Å². The Balaban J connectivity index is 2.09. The summed E-state index contributed by atoms with van der Waals surface area (Å²) in [7, 11) is 6.06. The Hall–Kier alpha value is -2.45. The van der Waals surface area contributed by atoms with Crippen LogP contribution >= 0.6 is 23.2 Å². The summed E-state index contributed by atoms with van der Waals surface area (Å²) in [4.78, 5) is 45.3. The fraction of sp³-hybridized carbons (Fsp3) is 0.400. The topological polar surface area (TPSA) is 76.1 Å². The largest absolute Gasteiger partial charge is 0.468 e. The minimum absolute atomic E-state index is 0.0705. The van der Waals surface area contributed by atoms with E-state index in [0.29, 0.717) is 21.2 Å². The molecule has 0 radical (unpaired) electrons. The van der Waals surface area contributed by atoms with Crippen LogP contribution < -0.4 is 0 Å². The predicted molar refractivity (Wildman–Crippen MR) is 128 cm³/mol. The molecule has 0 spiro atoms. The molecule has 0 saturated carbocycles. The van der Waals surface area contributed by atoms with Crippen molar-refractivity contribution < 1.29 is 23.9 Å². The van der Waals surface area contributed by atoms with Gasteiger partial charge in [-0.25, -0.2) is 0 Å². The molecule has 0 aliphatic carbocycles. The summed E-state index contributed by atoms with van der Waals surface area (Å²) < 4.78 is 10.4. The van der Waals surface area contributed by atoms with E-state index >= 15 is 0 Å². The number of hydrogen-bond acceptors (Lipinski definition) is 7. The molecule has 2 heterocycles. The standard InChI is InChI=1S/C25H26Cl2N2O5/c1-28-13-24(22(31)33-3)19(15-7-5-9-17(26)11-15)29(2)20(16-8-6-10-18(27)12-16)25(14-28,21(24)30)23(32)34-4/h5-12,19-20H,13-14H2,1-4H3. The Morgan fingerprint density at radius 3 is 1.62 bits per heavy atom. The van der Waals surface area contributed by atoms with E-state index in [0.717, 1.165) is 0 Å². The van der Waals surface area contributed by atoms with Gasteiger partial charge in [-0.2, -0.15) is 0 Å². The molecule has 2 aliphatic heterocycles. The van der Waals surface area contributed by atoms with Crippen molar-refractivity contribution >= 4 is 40.9 Å². The van der Waals surface area contributed by atoms with Gasteiger partial charge in [0.1, 0.15) is 0 Å². The van der Waals surface area contributed by atoms with Crippen LogP contribution in [-0.2, 0) is 23.9 Å². The van der Waals surface area contributed by atoms with Crippen LogP contribution in [0.15, 0.2) is 48.5 Å². The van der Waals surface area contributed by atoms with Gasteiger partial charge in [0.25, 0.3) is 0 Å². The Labute approximate surface area is 208 Å². The van der Waals surface area contributed by atoms with Crippen LogP contribution in [-0.4, -0.2) is 68.9 Å². The van der Waals surface area contributed by atoms with Gasteiger partial charge in [-0.1, -0.05) is 47.5 Å². The van der Waals surface area contributed by atoms with E-state index in [4.69, 9.17) is 32.7 Å². The zero-order valence-electron chi connectivity index (χ0n) is 19.4.